The molecule has 3 N–H and O–H groups in total. The van der Waals surface area contributed by atoms with Crippen LogP contribution in [0.1, 0.15) is 17.1 Å². The topological polar surface area (TPSA) is 81.7 Å². The van der Waals surface area contributed by atoms with Crippen molar-refractivity contribution >= 4 is 11.6 Å². The number of halogens is 3. The molecular formula is C11H13F3N6. The number of hydrogen-bond acceptors (Lipinski definition) is 5. The maximum Gasteiger partial charge on any atom is 0.451 e. The fourth-order valence-electron chi connectivity index (χ4n) is 1.59. The van der Waals surface area contributed by atoms with E-state index in [0.717, 1.165) is 11.3 Å². The van der Waals surface area contributed by atoms with Gasteiger partial charge in [0.05, 0.1) is 6.20 Å². The lowest BCUT2D eigenvalue weighted by molar-refractivity contribution is -0.144. The van der Waals surface area contributed by atoms with Crippen LogP contribution in [-0.4, -0.2) is 19.7 Å². The summed E-state index contributed by atoms with van der Waals surface area (Å²) in [7, 11) is 1.78. The second kappa shape index (κ2) is 4.99. The van der Waals surface area contributed by atoms with Crippen molar-refractivity contribution < 1.29 is 13.2 Å². The van der Waals surface area contributed by atoms with Crippen molar-refractivity contribution in [3.8, 4) is 0 Å². The molecule has 0 fully saturated rings. The van der Waals surface area contributed by atoms with Gasteiger partial charge in [-0.25, -0.2) is 9.97 Å². The summed E-state index contributed by atoms with van der Waals surface area (Å²) < 4.78 is 39.3. The minimum Gasteiger partial charge on any atom is -0.384 e. The number of nitrogens with zero attached hydrogens (tertiary/aromatic N) is 4. The molecule has 0 amide bonds. The summed E-state index contributed by atoms with van der Waals surface area (Å²) in [5.41, 5.74) is 7.12. The van der Waals surface area contributed by atoms with Crippen molar-refractivity contribution in [3.63, 3.8) is 0 Å². The van der Waals surface area contributed by atoms with E-state index in [9.17, 15) is 13.2 Å². The van der Waals surface area contributed by atoms with Gasteiger partial charge in [-0.3, -0.25) is 4.68 Å². The zero-order valence-corrected chi connectivity index (χ0v) is 10.9. The van der Waals surface area contributed by atoms with Crippen LogP contribution in [0, 0.1) is 6.92 Å². The molecule has 0 saturated heterocycles. The van der Waals surface area contributed by atoms with Crippen LogP contribution in [0.15, 0.2) is 12.3 Å². The molecule has 0 aromatic carbocycles. The Hall–Kier alpha value is -2.32. The van der Waals surface area contributed by atoms with Gasteiger partial charge in [-0.2, -0.15) is 18.3 Å². The number of aryl methyl sites for hydroxylation is 1. The lowest BCUT2D eigenvalue weighted by Crippen LogP contribution is -2.14. The number of rotatable bonds is 3. The summed E-state index contributed by atoms with van der Waals surface area (Å²) in [6, 6.07) is 1.25. The van der Waals surface area contributed by atoms with Gasteiger partial charge in [0, 0.05) is 30.9 Å². The summed E-state index contributed by atoms with van der Waals surface area (Å²) in [6.45, 7) is 2.16. The SMILES string of the molecule is Cc1c(CNc2cc(N)nc(C(F)(F)F)n2)cnn1C. The lowest BCUT2D eigenvalue weighted by atomic mass is 10.2. The molecule has 2 rings (SSSR count). The Morgan fingerprint density at radius 3 is 2.60 bits per heavy atom. The number of anilines is 2. The van der Waals surface area contributed by atoms with Crippen molar-refractivity contribution in [2.45, 2.75) is 19.6 Å². The van der Waals surface area contributed by atoms with Crippen molar-refractivity contribution in [2.24, 2.45) is 7.05 Å². The molecule has 2 aromatic heterocycles. The Morgan fingerprint density at radius 2 is 2.05 bits per heavy atom. The van der Waals surface area contributed by atoms with Crippen LogP contribution in [0.5, 0.6) is 0 Å². The Kier molecular flexibility index (Phi) is 3.51. The number of alkyl halides is 3. The van der Waals surface area contributed by atoms with E-state index in [1.165, 1.54) is 6.07 Å². The van der Waals surface area contributed by atoms with Gasteiger partial charge in [0.1, 0.15) is 11.6 Å². The third-order valence-corrected chi connectivity index (χ3v) is 2.80. The molecular weight excluding hydrogens is 273 g/mol. The van der Waals surface area contributed by atoms with Crippen molar-refractivity contribution in [3.05, 3.63) is 29.3 Å². The van der Waals surface area contributed by atoms with Crippen LogP contribution in [0.2, 0.25) is 0 Å². The number of nitrogens with one attached hydrogen (secondary N) is 1. The summed E-state index contributed by atoms with van der Waals surface area (Å²) in [6.07, 6.45) is -2.99. The van der Waals surface area contributed by atoms with Crippen molar-refractivity contribution in [1.82, 2.24) is 19.7 Å². The molecule has 0 saturated carbocycles. The summed E-state index contributed by atoms with van der Waals surface area (Å²) in [5.74, 6) is -1.48. The van der Waals surface area contributed by atoms with Gasteiger partial charge in [0.2, 0.25) is 5.82 Å². The predicted molar refractivity (Wildman–Crippen MR) is 66.7 cm³/mol. The molecule has 6 nitrogen and oxygen atoms in total. The van der Waals surface area contributed by atoms with Crippen LogP contribution in [0.3, 0.4) is 0 Å². The Bertz CT molecular complexity index is 619. The molecule has 20 heavy (non-hydrogen) atoms. The Balaban J connectivity index is 2.18. The molecule has 0 atom stereocenters. The average Bonchev–Trinajstić information content (AvgIpc) is 2.66. The first-order chi connectivity index (χ1) is 9.27. The number of nitrogen functional groups attached to an aromatic ring is 1. The highest BCUT2D eigenvalue weighted by Gasteiger charge is 2.35. The third kappa shape index (κ3) is 2.98. The normalized spacial score (nSPS) is 11.7. The zero-order chi connectivity index (χ0) is 14.9. The maximum absolute atomic E-state index is 12.6. The quantitative estimate of drug-likeness (QED) is 0.898. The van der Waals surface area contributed by atoms with Gasteiger partial charge >= 0.3 is 6.18 Å². The van der Waals surface area contributed by atoms with Crippen LogP contribution in [0.25, 0.3) is 0 Å². The highest BCUT2D eigenvalue weighted by molar-refractivity contribution is 5.45. The lowest BCUT2D eigenvalue weighted by Gasteiger charge is -2.10. The van der Waals surface area contributed by atoms with Gasteiger partial charge in [0.15, 0.2) is 0 Å². The van der Waals surface area contributed by atoms with E-state index in [0.29, 0.717) is 6.54 Å². The first kappa shape index (κ1) is 14.1. The van der Waals surface area contributed by atoms with E-state index in [-0.39, 0.29) is 11.6 Å². The summed E-state index contributed by atoms with van der Waals surface area (Å²) in [5, 5.41) is 6.83. The van der Waals surface area contributed by atoms with Gasteiger partial charge in [-0.1, -0.05) is 0 Å². The molecule has 9 heteroatoms. The molecule has 0 bridgehead atoms. The highest BCUT2D eigenvalue weighted by Crippen LogP contribution is 2.27. The van der Waals surface area contributed by atoms with E-state index in [2.05, 4.69) is 20.4 Å². The molecule has 2 heterocycles. The van der Waals surface area contributed by atoms with E-state index in [1.54, 1.807) is 17.9 Å². The van der Waals surface area contributed by atoms with Crippen LogP contribution in [-0.2, 0) is 19.8 Å². The van der Waals surface area contributed by atoms with Gasteiger partial charge in [-0.05, 0) is 6.92 Å². The molecule has 0 aliphatic carbocycles. The average molecular weight is 286 g/mol. The zero-order valence-electron chi connectivity index (χ0n) is 10.9. The molecule has 2 aromatic rings. The predicted octanol–water partition coefficient (Wildman–Crippen LogP) is 1.73. The second-order valence-electron chi connectivity index (χ2n) is 4.23. The molecule has 0 aliphatic rings. The standard InChI is InChI=1S/C11H13F3N6/c1-6-7(5-17-20(6)2)4-16-9-3-8(15)18-10(19-9)11(12,13)14/h3,5H,4H2,1-2H3,(H3,15,16,18,19). The number of hydrogen-bond donors (Lipinski definition) is 2. The second-order valence-corrected chi connectivity index (χ2v) is 4.23. The Morgan fingerprint density at radius 1 is 1.35 bits per heavy atom. The summed E-state index contributed by atoms with van der Waals surface area (Å²) in [4.78, 5) is 6.57. The fraction of sp³-hybridized carbons (Fsp3) is 0.364. The molecule has 0 unspecified atom stereocenters. The van der Waals surface area contributed by atoms with Crippen LogP contribution < -0.4 is 11.1 Å². The first-order valence-corrected chi connectivity index (χ1v) is 5.70. The van der Waals surface area contributed by atoms with Crippen molar-refractivity contribution in [2.75, 3.05) is 11.1 Å². The van der Waals surface area contributed by atoms with Gasteiger partial charge in [-0.15, -0.1) is 0 Å². The monoisotopic (exact) mass is 286 g/mol. The summed E-state index contributed by atoms with van der Waals surface area (Å²) >= 11 is 0. The van der Waals surface area contributed by atoms with E-state index in [1.807, 2.05) is 6.92 Å². The largest absolute Gasteiger partial charge is 0.451 e. The number of aromatic nitrogens is 4. The Labute approximate surface area is 112 Å². The minimum atomic E-state index is -4.63. The molecule has 0 radical (unpaired) electrons. The van der Waals surface area contributed by atoms with Gasteiger partial charge < -0.3 is 11.1 Å². The van der Waals surface area contributed by atoms with E-state index < -0.39 is 12.0 Å². The number of nitrogens with two attached hydrogens (primary N) is 1. The smallest absolute Gasteiger partial charge is 0.384 e. The maximum atomic E-state index is 12.6. The first-order valence-electron chi connectivity index (χ1n) is 5.70. The molecule has 0 aliphatic heterocycles. The minimum absolute atomic E-state index is 0.0214. The highest BCUT2D eigenvalue weighted by atomic mass is 19.4. The third-order valence-electron chi connectivity index (χ3n) is 2.80. The van der Waals surface area contributed by atoms with Crippen LogP contribution >= 0.6 is 0 Å². The van der Waals surface area contributed by atoms with Crippen LogP contribution in [0.4, 0.5) is 24.8 Å². The molecule has 108 valence electrons. The fourth-order valence-corrected chi connectivity index (χ4v) is 1.59. The molecule has 0 spiro atoms. The van der Waals surface area contributed by atoms with Crippen molar-refractivity contribution in [1.29, 1.82) is 0 Å². The van der Waals surface area contributed by atoms with E-state index in [4.69, 9.17) is 5.73 Å². The van der Waals surface area contributed by atoms with Gasteiger partial charge in [0.25, 0.3) is 0 Å². The van der Waals surface area contributed by atoms with E-state index >= 15 is 0 Å².